The van der Waals surface area contributed by atoms with Gasteiger partial charge in [-0.2, -0.15) is 0 Å². The van der Waals surface area contributed by atoms with Crippen molar-refractivity contribution in [2.75, 3.05) is 11.5 Å². The number of thioether (sulfide) groups is 1. The first-order chi connectivity index (χ1) is 9.58. The van der Waals surface area contributed by atoms with Crippen molar-refractivity contribution in [3.63, 3.8) is 0 Å². The highest BCUT2D eigenvalue weighted by Gasteiger charge is 2.12. The second kappa shape index (κ2) is 6.20. The molecule has 2 aromatic rings. The van der Waals surface area contributed by atoms with Gasteiger partial charge in [0.05, 0.1) is 5.75 Å². The van der Waals surface area contributed by atoms with E-state index >= 15 is 0 Å². The van der Waals surface area contributed by atoms with Gasteiger partial charge in [0.1, 0.15) is 0 Å². The number of imide groups is 1. The van der Waals surface area contributed by atoms with Gasteiger partial charge in [0.2, 0.25) is 11.9 Å². The highest BCUT2D eigenvalue weighted by molar-refractivity contribution is 7.99. The van der Waals surface area contributed by atoms with Crippen LogP contribution in [0.4, 0.5) is 5.95 Å². The van der Waals surface area contributed by atoms with E-state index < -0.39 is 11.8 Å². The number of carbonyl (C=O) groups is 2. The monoisotopic (exact) mass is 291 g/mol. The first-order valence-corrected chi connectivity index (χ1v) is 6.73. The average molecular weight is 291 g/mol. The minimum Gasteiger partial charge on any atom is -0.368 e. The Morgan fingerprint density at radius 3 is 2.60 bits per heavy atom. The number of aromatic nitrogens is 3. The van der Waals surface area contributed by atoms with Crippen LogP contribution in [0, 0.1) is 0 Å². The standard InChI is InChI=1S/C12H13N5O2S/c1-17-11(13)15-16-12(17)20-7-9(18)14-10(19)8-5-3-2-4-6-8/h2-6H,7H2,1H3,(H2,13,15)(H,14,18,19). The molecule has 0 aliphatic carbocycles. The lowest BCUT2D eigenvalue weighted by Gasteiger charge is -2.04. The SMILES string of the molecule is Cn1c(N)nnc1SCC(=O)NC(=O)c1ccccc1. The minimum absolute atomic E-state index is 0.0601. The van der Waals surface area contributed by atoms with Gasteiger partial charge in [0, 0.05) is 12.6 Å². The molecule has 2 rings (SSSR count). The van der Waals surface area contributed by atoms with Gasteiger partial charge in [-0.3, -0.25) is 19.5 Å². The number of benzene rings is 1. The summed E-state index contributed by atoms with van der Waals surface area (Å²) in [6.07, 6.45) is 0. The quantitative estimate of drug-likeness (QED) is 0.793. The molecule has 0 fully saturated rings. The molecule has 0 aliphatic heterocycles. The summed E-state index contributed by atoms with van der Waals surface area (Å²) in [5.74, 6) is -0.489. The molecule has 20 heavy (non-hydrogen) atoms. The van der Waals surface area contributed by atoms with Crippen LogP contribution in [0.1, 0.15) is 10.4 Å². The molecule has 1 heterocycles. The summed E-state index contributed by atoms with van der Waals surface area (Å²) in [4.78, 5) is 23.4. The van der Waals surface area contributed by atoms with E-state index in [0.717, 1.165) is 11.8 Å². The summed E-state index contributed by atoms with van der Waals surface area (Å²) in [5.41, 5.74) is 5.96. The lowest BCUT2D eigenvalue weighted by molar-refractivity contribution is -0.117. The molecule has 1 aromatic heterocycles. The topological polar surface area (TPSA) is 103 Å². The molecule has 8 heteroatoms. The van der Waals surface area contributed by atoms with Crippen molar-refractivity contribution in [2.45, 2.75) is 5.16 Å². The van der Waals surface area contributed by atoms with Crippen molar-refractivity contribution in [3.8, 4) is 0 Å². The third kappa shape index (κ3) is 3.35. The summed E-state index contributed by atoms with van der Waals surface area (Å²) in [7, 11) is 1.70. The Bertz CT molecular complexity index is 626. The highest BCUT2D eigenvalue weighted by atomic mass is 32.2. The Hall–Kier alpha value is -2.35. The van der Waals surface area contributed by atoms with Gasteiger partial charge in [-0.05, 0) is 12.1 Å². The van der Waals surface area contributed by atoms with Crippen LogP contribution in [-0.2, 0) is 11.8 Å². The normalized spacial score (nSPS) is 10.2. The summed E-state index contributed by atoms with van der Waals surface area (Å²) in [5, 5.41) is 10.3. The second-order valence-electron chi connectivity index (χ2n) is 3.93. The molecule has 0 saturated heterocycles. The summed E-state index contributed by atoms with van der Waals surface area (Å²) in [6, 6.07) is 8.54. The Labute approximate surface area is 119 Å². The lowest BCUT2D eigenvalue weighted by Crippen LogP contribution is -2.31. The van der Waals surface area contributed by atoms with Gasteiger partial charge in [0.15, 0.2) is 5.16 Å². The Morgan fingerprint density at radius 2 is 2.00 bits per heavy atom. The highest BCUT2D eigenvalue weighted by Crippen LogP contribution is 2.15. The van der Waals surface area contributed by atoms with Crippen LogP contribution < -0.4 is 11.1 Å². The average Bonchev–Trinajstić information content (AvgIpc) is 2.77. The van der Waals surface area contributed by atoms with E-state index in [1.807, 2.05) is 0 Å². The van der Waals surface area contributed by atoms with E-state index in [0.29, 0.717) is 10.7 Å². The molecule has 7 nitrogen and oxygen atoms in total. The van der Waals surface area contributed by atoms with E-state index in [1.54, 1.807) is 41.9 Å². The molecular weight excluding hydrogens is 278 g/mol. The van der Waals surface area contributed by atoms with Crippen molar-refractivity contribution >= 4 is 29.5 Å². The number of amides is 2. The Balaban J connectivity index is 1.87. The number of rotatable bonds is 4. The molecule has 0 atom stereocenters. The second-order valence-corrected chi connectivity index (χ2v) is 4.87. The van der Waals surface area contributed by atoms with E-state index in [9.17, 15) is 9.59 Å². The van der Waals surface area contributed by atoms with Crippen molar-refractivity contribution < 1.29 is 9.59 Å². The van der Waals surface area contributed by atoms with E-state index in [4.69, 9.17) is 5.73 Å². The number of hydrogen-bond acceptors (Lipinski definition) is 6. The number of nitrogens with one attached hydrogen (secondary N) is 1. The van der Waals surface area contributed by atoms with Gasteiger partial charge in [0.25, 0.3) is 5.91 Å². The molecule has 2 amide bonds. The van der Waals surface area contributed by atoms with Crippen LogP contribution in [0.15, 0.2) is 35.5 Å². The molecule has 0 spiro atoms. The Kier molecular flexibility index (Phi) is 4.36. The largest absolute Gasteiger partial charge is 0.368 e. The van der Waals surface area contributed by atoms with Gasteiger partial charge in [-0.25, -0.2) is 0 Å². The van der Waals surface area contributed by atoms with Crippen molar-refractivity contribution in [1.29, 1.82) is 0 Å². The molecule has 1 aromatic carbocycles. The number of hydrogen-bond donors (Lipinski definition) is 2. The fourth-order valence-corrected chi connectivity index (χ4v) is 2.12. The van der Waals surface area contributed by atoms with Crippen molar-refractivity contribution in [1.82, 2.24) is 20.1 Å². The van der Waals surface area contributed by atoms with Crippen molar-refractivity contribution in [3.05, 3.63) is 35.9 Å². The summed E-state index contributed by atoms with van der Waals surface area (Å²) >= 11 is 1.16. The molecule has 0 unspecified atom stereocenters. The first-order valence-electron chi connectivity index (χ1n) is 5.75. The van der Waals surface area contributed by atoms with Gasteiger partial charge in [-0.15, -0.1) is 10.2 Å². The fraction of sp³-hybridized carbons (Fsp3) is 0.167. The van der Waals surface area contributed by atoms with E-state index in [-0.39, 0.29) is 11.7 Å². The van der Waals surface area contributed by atoms with Gasteiger partial charge in [-0.1, -0.05) is 30.0 Å². The predicted octanol–water partition coefficient (Wildman–Crippen LogP) is 0.446. The number of nitrogen functional groups attached to an aromatic ring is 1. The number of anilines is 1. The van der Waals surface area contributed by atoms with Crippen LogP contribution in [0.3, 0.4) is 0 Å². The number of nitrogens with two attached hydrogens (primary N) is 1. The maximum atomic E-state index is 11.7. The van der Waals surface area contributed by atoms with Crippen molar-refractivity contribution in [2.24, 2.45) is 7.05 Å². The van der Waals surface area contributed by atoms with E-state index in [1.165, 1.54) is 0 Å². The number of carbonyl (C=O) groups excluding carboxylic acids is 2. The van der Waals surface area contributed by atoms with Crippen LogP contribution in [-0.4, -0.2) is 32.3 Å². The molecular formula is C12H13N5O2S. The molecule has 0 radical (unpaired) electrons. The third-order valence-corrected chi connectivity index (χ3v) is 3.51. The summed E-state index contributed by atoms with van der Waals surface area (Å²) < 4.78 is 1.57. The smallest absolute Gasteiger partial charge is 0.257 e. The van der Waals surface area contributed by atoms with Crippen LogP contribution in [0.2, 0.25) is 0 Å². The summed E-state index contributed by atoms with van der Waals surface area (Å²) in [6.45, 7) is 0. The predicted molar refractivity (Wildman–Crippen MR) is 75.1 cm³/mol. The van der Waals surface area contributed by atoms with Crippen LogP contribution in [0.25, 0.3) is 0 Å². The third-order valence-electron chi connectivity index (χ3n) is 2.49. The van der Waals surface area contributed by atoms with E-state index in [2.05, 4.69) is 15.5 Å². The van der Waals surface area contributed by atoms with Gasteiger partial charge < -0.3 is 5.73 Å². The van der Waals surface area contributed by atoms with Gasteiger partial charge >= 0.3 is 0 Å². The number of nitrogens with zero attached hydrogens (tertiary/aromatic N) is 3. The Morgan fingerprint density at radius 1 is 1.30 bits per heavy atom. The van der Waals surface area contributed by atoms with Crippen LogP contribution >= 0.6 is 11.8 Å². The maximum absolute atomic E-state index is 11.7. The first kappa shape index (κ1) is 14.1. The molecule has 0 saturated carbocycles. The lowest BCUT2D eigenvalue weighted by atomic mass is 10.2. The molecule has 0 aliphatic rings. The zero-order valence-electron chi connectivity index (χ0n) is 10.7. The zero-order chi connectivity index (χ0) is 14.5. The minimum atomic E-state index is -0.423. The zero-order valence-corrected chi connectivity index (χ0v) is 11.6. The molecule has 0 bridgehead atoms. The molecule has 104 valence electrons. The van der Waals surface area contributed by atoms with Crippen LogP contribution in [0.5, 0.6) is 0 Å². The maximum Gasteiger partial charge on any atom is 0.257 e. The fourth-order valence-electron chi connectivity index (χ4n) is 1.41. The molecule has 3 N–H and O–H groups in total.